The lowest BCUT2D eigenvalue weighted by atomic mass is 9.97. The molecule has 1 saturated heterocycles. The SMILES string of the molecule is CCN(CC1CCNCC1)C(=O)c1ccc(O)c(C)c1. The zero-order chi connectivity index (χ0) is 14.5. The van der Waals surface area contributed by atoms with Gasteiger partial charge in [-0.05, 0) is 69.5 Å². The molecule has 110 valence electrons. The quantitative estimate of drug-likeness (QED) is 0.886. The van der Waals surface area contributed by atoms with Crippen molar-refractivity contribution in [3.8, 4) is 5.75 Å². The van der Waals surface area contributed by atoms with Crippen molar-refractivity contribution in [2.75, 3.05) is 26.2 Å². The summed E-state index contributed by atoms with van der Waals surface area (Å²) in [4.78, 5) is 14.5. The predicted octanol–water partition coefficient (Wildman–Crippen LogP) is 2.16. The smallest absolute Gasteiger partial charge is 0.253 e. The fraction of sp³-hybridized carbons (Fsp3) is 0.562. The molecule has 1 aromatic rings. The van der Waals surface area contributed by atoms with Gasteiger partial charge in [0.2, 0.25) is 0 Å². The van der Waals surface area contributed by atoms with Crippen LogP contribution >= 0.6 is 0 Å². The van der Waals surface area contributed by atoms with Crippen molar-refractivity contribution in [1.29, 1.82) is 0 Å². The van der Waals surface area contributed by atoms with Crippen LogP contribution in [-0.4, -0.2) is 42.1 Å². The maximum atomic E-state index is 12.5. The molecule has 1 aliphatic heterocycles. The van der Waals surface area contributed by atoms with E-state index in [0.717, 1.165) is 44.6 Å². The number of hydrogen-bond acceptors (Lipinski definition) is 3. The summed E-state index contributed by atoms with van der Waals surface area (Å²) in [5.74, 6) is 0.899. The molecule has 1 amide bonds. The molecule has 0 aliphatic carbocycles. The van der Waals surface area contributed by atoms with E-state index in [1.165, 1.54) is 0 Å². The fourth-order valence-electron chi connectivity index (χ4n) is 2.70. The maximum Gasteiger partial charge on any atom is 0.253 e. The maximum absolute atomic E-state index is 12.5. The molecule has 1 aromatic carbocycles. The van der Waals surface area contributed by atoms with Gasteiger partial charge in [-0.15, -0.1) is 0 Å². The number of hydrogen-bond donors (Lipinski definition) is 2. The highest BCUT2D eigenvalue weighted by Gasteiger charge is 2.20. The van der Waals surface area contributed by atoms with Gasteiger partial charge in [0.1, 0.15) is 5.75 Å². The van der Waals surface area contributed by atoms with Gasteiger partial charge in [0.25, 0.3) is 5.91 Å². The summed E-state index contributed by atoms with van der Waals surface area (Å²) in [5, 5.41) is 12.9. The van der Waals surface area contributed by atoms with E-state index in [-0.39, 0.29) is 11.7 Å². The molecule has 20 heavy (non-hydrogen) atoms. The standard InChI is InChI=1S/C16H24N2O2/c1-3-18(11-13-6-8-17-9-7-13)16(20)14-4-5-15(19)12(2)10-14/h4-5,10,13,17,19H,3,6-9,11H2,1-2H3. The van der Waals surface area contributed by atoms with Gasteiger partial charge in [-0.3, -0.25) is 4.79 Å². The number of benzene rings is 1. The topological polar surface area (TPSA) is 52.6 Å². The molecule has 4 nitrogen and oxygen atoms in total. The number of carbonyl (C=O) groups excluding carboxylic acids is 1. The highest BCUT2D eigenvalue weighted by atomic mass is 16.3. The average molecular weight is 276 g/mol. The number of aromatic hydroxyl groups is 1. The van der Waals surface area contributed by atoms with Gasteiger partial charge in [0, 0.05) is 18.7 Å². The summed E-state index contributed by atoms with van der Waals surface area (Å²) in [7, 11) is 0. The molecule has 2 rings (SSSR count). The van der Waals surface area contributed by atoms with Crippen LogP contribution in [0.5, 0.6) is 5.75 Å². The second-order valence-corrected chi connectivity index (χ2v) is 5.54. The van der Waals surface area contributed by atoms with Gasteiger partial charge >= 0.3 is 0 Å². The second kappa shape index (κ2) is 6.75. The van der Waals surface area contributed by atoms with Crippen LogP contribution in [-0.2, 0) is 0 Å². The lowest BCUT2D eigenvalue weighted by Crippen LogP contribution is -2.39. The van der Waals surface area contributed by atoms with Crippen LogP contribution in [0.4, 0.5) is 0 Å². The number of phenols is 1. The number of rotatable bonds is 4. The normalized spacial score (nSPS) is 16.1. The van der Waals surface area contributed by atoms with Gasteiger partial charge in [-0.25, -0.2) is 0 Å². The Balaban J connectivity index is 2.05. The van der Waals surface area contributed by atoms with E-state index in [1.807, 2.05) is 18.7 Å². The van der Waals surface area contributed by atoms with Crippen molar-refractivity contribution in [3.05, 3.63) is 29.3 Å². The van der Waals surface area contributed by atoms with E-state index >= 15 is 0 Å². The van der Waals surface area contributed by atoms with Crippen LogP contribution in [0.2, 0.25) is 0 Å². The summed E-state index contributed by atoms with van der Waals surface area (Å²) >= 11 is 0. The number of nitrogens with zero attached hydrogens (tertiary/aromatic N) is 1. The Bertz CT molecular complexity index is 468. The molecule has 0 aromatic heterocycles. The molecule has 1 fully saturated rings. The number of aryl methyl sites for hydroxylation is 1. The summed E-state index contributed by atoms with van der Waals surface area (Å²) in [5.41, 5.74) is 1.41. The van der Waals surface area contributed by atoms with E-state index in [9.17, 15) is 9.90 Å². The second-order valence-electron chi connectivity index (χ2n) is 5.54. The minimum Gasteiger partial charge on any atom is -0.508 e. The van der Waals surface area contributed by atoms with E-state index in [2.05, 4.69) is 5.32 Å². The first-order chi connectivity index (χ1) is 9.61. The third kappa shape index (κ3) is 3.51. The van der Waals surface area contributed by atoms with Gasteiger partial charge < -0.3 is 15.3 Å². The molecule has 4 heteroatoms. The van der Waals surface area contributed by atoms with E-state index in [4.69, 9.17) is 0 Å². The van der Waals surface area contributed by atoms with Crippen molar-refractivity contribution in [2.24, 2.45) is 5.92 Å². The van der Waals surface area contributed by atoms with Crippen LogP contribution < -0.4 is 5.32 Å². The molecule has 1 aliphatic rings. The molecule has 0 saturated carbocycles. The fourth-order valence-corrected chi connectivity index (χ4v) is 2.70. The third-order valence-corrected chi connectivity index (χ3v) is 4.05. The van der Waals surface area contributed by atoms with Gasteiger partial charge in [0.05, 0.1) is 0 Å². The van der Waals surface area contributed by atoms with Crippen molar-refractivity contribution in [3.63, 3.8) is 0 Å². The Morgan fingerprint density at radius 3 is 2.70 bits per heavy atom. The molecular weight excluding hydrogens is 252 g/mol. The molecule has 0 radical (unpaired) electrons. The predicted molar refractivity (Wildman–Crippen MR) is 80.0 cm³/mol. The Kier molecular flexibility index (Phi) is 5.01. The highest BCUT2D eigenvalue weighted by Crippen LogP contribution is 2.20. The van der Waals surface area contributed by atoms with Gasteiger partial charge in [-0.1, -0.05) is 0 Å². The number of amides is 1. The molecular formula is C16H24N2O2. The monoisotopic (exact) mass is 276 g/mol. The number of piperidine rings is 1. The van der Waals surface area contributed by atoms with Crippen LogP contribution in [0.1, 0.15) is 35.7 Å². The summed E-state index contributed by atoms with van der Waals surface area (Å²) in [6.07, 6.45) is 2.27. The largest absolute Gasteiger partial charge is 0.508 e. The molecule has 0 unspecified atom stereocenters. The first-order valence-corrected chi connectivity index (χ1v) is 7.41. The lowest BCUT2D eigenvalue weighted by molar-refractivity contribution is 0.0726. The van der Waals surface area contributed by atoms with Crippen LogP contribution in [0.3, 0.4) is 0 Å². The highest BCUT2D eigenvalue weighted by molar-refractivity contribution is 5.94. The lowest BCUT2D eigenvalue weighted by Gasteiger charge is -2.29. The van der Waals surface area contributed by atoms with Gasteiger partial charge in [-0.2, -0.15) is 0 Å². The summed E-state index contributed by atoms with van der Waals surface area (Å²) in [6, 6.07) is 5.07. The van der Waals surface area contributed by atoms with E-state index in [1.54, 1.807) is 18.2 Å². The number of phenolic OH excluding ortho intramolecular Hbond substituents is 1. The van der Waals surface area contributed by atoms with E-state index in [0.29, 0.717) is 11.5 Å². The number of nitrogens with one attached hydrogen (secondary N) is 1. The van der Waals surface area contributed by atoms with Crippen molar-refractivity contribution < 1.29 is 9.90 Å². The van der Waals surface area contributed by atoms with E-state index < -0.39 is 0 Å². The zero-order valence-electron chi connectivity index (χ0n) is 12.4. The number of carbonyl (C=O) groups is 1. The van der Waals surface area contributed by atoms with Crippen LogP contribution in [0, 0.1) is 12.8 Å². The minimum absolute atomic E-state index is 0.0640. The van der Waals surface area contributed by atoms with Crippen molar-refractivity contribution in [1.82, 2.24) is 10.2 Å². The Morgan fingerprint density at radius 2 is 2.10 bits per heavy atom. The molecule has 0 spiro atoms. The Morgan fingerprint density at radius 1 is 1.40 bits per heavy atom. The minimum atomic E-state index is 0.0640. The summed E-state index contributed by atoms with van der Waals surface area (Å²) < 4.78 is 0. The molecule has 2 N–H and O–H groups in total. The first-order valence-electron chi connectivity index (χ1n) is 7.41. The van der Waals surface area contributed by atoms with Crippen LogP contribution in [0.15, 0.2) is 18.2 Å². The Labute approximate surface area is 120 Å². The Hall–Kier alpha value is -1.55. The molecule has 0 atom stereocenters. The zero-order valence-corrected chi connectivity index (χ0v) is 12.4. The van der Waals surface area contributed by atoms with Crippen molar-refractivity contribution >= 4 is 5.91 Å². The van der Waals surface area contributed by atoms with Gasteiger partial charge in [0.15, 0.2) is 0 Å². The molecule has 0 bridgehead atoms. The third-order valence-electron chi connectivity index (χ3n) is 4.05. The first kappa shape index (κ1) is 14.9. The molecule has 1 heterocycles. The van der Waals surface area contributed by atoms with Crippen LogP contribution in [0.25, 0.3) is 0 Å². The van der Waals surface area contributed by atoms with Crippen molar-refractivity contribution in [2.45, 2.75) is 26.7 Å². The summed E-state index contributed by atoms with van der Waals surface area (Å²) in [6.45, 7) is 7.49. The average Bonchev–Trinajstić information content (AvgIpc) is 2.48.